The Balaban J connectivity index is 1.72. The van der Waals surface area contributed by atoms with Crippen LogP contribution in [0, 0.1) is 5.82 Å². The average Bonchev–Trinajstić information content (AvgIpc) is 3.15. The van der Waals surface area contributed by atoms with E-state index in [0.29, 0.717) is 35.3 Å². The van der Waals surface area contributed by atoms with E-state index in [9.17, 15) is 14.0 Å². The normalized spacial score (nSPS) is 19.4. The van der Waals surface area contributed by atoms with Crippen LogP contribution in [-0.2, 0) is 16.1 Å². The molecule has 174 valence electrons. The molecule has 1 saturated heterocycles. The predicted molar refractivity (Wildman–Crippen MR) is 120 cm³/mol. The van der Waals surface area contributed by atoms with Gasteiger partial charge in [0.1, 0.15) is 18.2 Å². The van der Waals surface area contributed by atoms with Crippen molar-refractivity contribution in [1.82, 2.24) is 10.2 Å². The molecule has 2 aliphatic heterocycles. The number of esters is 1. The van der Waals surface area contributed by atoms with Gasteiger partial charge >= 0.3 is 12.0 Å². The number of fused-ring (bicyclic) bond motifs is 2. The quantitative estimate of drug-likeness (QED) is 0.627. The summed E-state index contributed by atoms with van der Waals surface area (Å²) in [5.74, 6) is -0.618. The van der Waals surface area contributed by atoms with Crippen molar-refractivity contribution in [3.05, 3.63) is 71.0 Å². The molecule has 0 spiro atoms. The van der Waals surface area contributed by atoms with Crippen LogP contribution in [0.4, 0.5) is 9.18 Å². The van der Waals surface area contributed by atoms with Gasteiger partial charge in [-0.05, 0) is 42.5 Å². The fourth-order valence-corrected chi connectivity index (χ4v) is 4.70. The maximum atomic E-state index is 14.1. The largest absolute Gasteiger partial charge is 0.488 e. The van der Waals surface area contributed by atoms with E-state index in [-0.39, 0.29) is 31.8 Å². The molecule has 2 atom stereocenters. The molecule has 1 fully saturated rings. The molecule has 0 aliphatic carbocycles. The first-order valence-corrected chi connectivity index (χ1v) is 11.0. The highest BCUT2D eigenvalue weighted by molar-refractivity contribution is 6.01. The first-order valence-electron chi connectivity index (χ1n) is 11.0. The standard InChI is InChI=1S/C25H27FN2O5/c1-32-24(30)23-20(14-18-8-10-21(23)28(18)25(31)27-11-12-29)19-9-7-17(26)13-22(19)33-15-16-5-3-2-4-6-16/h2-7,9,13,18,21,29H,8,10-12,14-15H2,1H3,(H,27,31)/t18-,21+/m0/s1. The van der Waals surface area contributed by atoms with E-state index in [2.05, 4.69) is 5.32 Å². The van der Waals surface area contributed by atoms with Crippen LogP contribution in [0.5, 0.6) is 5.75 Å². The number of methoxy groups -OCH3 is 1. The minimum absolute atomic E-state index is 0.121. The van der Waals surface area contributed by atoms with Gasteiger partial charge < -0.3 is 24.8 Å². The SMILES string of the molecule is COC(=O)C1=C(c2ccc(F)cc2OCc2ccccc2)C[C@@H]2CC[C@H]1N2C(=O)NCCO. The number of ether oxygens (including phenoxy) is 2. The number of halogens is 1. The molecule has 8 heteroatoms. The lowest BCUT2D eigenvalue weighted by atomic mass is 9.88. The third-order valence-electron chi connectivity index (χ3n) is 6.13. The Morgan fingerprint density at radius 3 is 2.70 bits per heavy atom. The fourth-order valence-electron chi connectivity index (χ4n) is 4.70. The molecule has 0 unspecified atom stereocenters. The van der Waals surface area contributed by atoms with Gasteiger partial charge in [-0.25, -0.2) is 14.0 Å². The smallest absolute Gasteiger partial charge is 0.336 e. The topological polar surface area (TPSA) is 88.1 Å². The van der Waals surface area contributed by atoms with Crippen molar-refractivity contribution in [3.8, 4) is 5.75 Å². The van der Waals surface area contributed by atoms with Gasteiger partial charge in [-0.3, -0.25) is 0 Å². The van der Waals surface area contributed by atoms with Gasteiger partial charge in [0.05, 0.1) is 25.3 Å². The number of benzene rings is 2. The van der Waals surface area contributed by atoms with Gasteiger partial charge in [0.25, 0.3) is 0 Å². The second kappa shape index (κ2) is 10.0. The van der Waals surface area contributed by atoms with Gasteiger partial charge in [0.2, 0.25) is 0 Å². The Morgan fingerprint density at radius 2 is 1.97 bits per heavy atom. The lowest BCUT2D eigenvalue weighted by molar-refractivity contribution is -0.136. The molecule has 2 N–H and O–H groups in total. The zero-order valence-electron chi connectivity index (χ0n) is 18.4. The van der Waals surface area contributed by atoms with Gasteiger partial charge in [-0.1, -0.05) is 30.3 Å². The van der Waals surface area contributed by atoms with Crippen molar-refractivity contribution in [1.29, 1.82) is 0 Å². The van der Waals surface area contributed by atoms with Gasteiger partial charge in [-0.15, -0.1) is 0 Å². The molecule has 2 aromatic rings. The molecular weight excluding hydrogens is 427 g/mol. The summed E-state index contributed by atoms with van der Waals surface area (Å²) in [7, 11) is 1.31. The number of carbonyl (C=O) groups excluding carboxylic acids is 2. The van der Waals surface area contributed by atoms with E-state index < -0.39 is 17.8 Å². The van der Waals surface area contributed by atoms with Crippen molar-refractivity contribution in [2.75, 3.05) is 20.3 Å². The molecule has 33 heavy (non-hydrogen) atoms. The summed E-state index contributed by atoms with van der Waals surface area (Å²) >= 11 is 0. The van der Waals surface area contributed by atoms with E-state index in [1.54, 1.807) is 11.0 Å². The maximum absolute atomic E-state index is 14.1. The zero-order chi connectivity index (χ0) is 23.4. The number of hydrogen-bond donors (Lipinski definition) is 2. The molecular formula is C25H27FN2O5. The highest BCUT2D eigenvalue weighted by Gasteiger charge is 2.47. The van der Waals surface area contributed by atoms with E-state index >= 15 is 0 Å². The number of hydrogen-bond acceptors (Lipinski definition) is 5. The maximum Gasteiger partial charge on any atom is 0.336 e. The molecule has 4 rings (SSSR count). The van der Waals surface area contributed by atoms with E-state index in [1.165, 1.54) is 19.2 Å². The van der Waals surface area contributed by atoms with Crippen molar-refractivity contribution in [3.63, 3.8) is 0 Å². The molecule has 2 aromatic carbocycles. The first-order chi connectivity index (χ1) is 16.0. The summed E-state index contributed by atoms with van der Waals surface area (Å²) in [4.78, 5) is 27.3. The van der Waals surface area contributed by atoms with E-state index in [0.717, 1.165) is 12.0 Å². The Bertz CT molecular complexity index is 1060. The van der Waals surface area contributed by atoms with Gasteiger partial charge in [-0.2, -0.15) is 0 Å². The van der Waals surface area contributed by atoms with Gasteiger partial charge in [0.15, 0.2) is 0 Å². The highest BCUT2D eigenvalue weighted by atomic mass is 19.1. The number of aliphatic hydroxyl groups excluding tert-OH is 1. The summed E-state index contributed by atoms with van der Waals surface area (Å²) in [6.45, 7) is 0.215. The minimum atomic E-state index is -0.520. The number of aliphatic hydroxyl groups is 1. The number of amides is 2. The summed E-state index contributed by atoms with van der Waals surface area (Å²) in [5, 5.41) is 11.7. The van der Waals surface area contributed by atoms with Crippen LogP contribution in [0.2, 0.25) is 0 Å². The van der Waals surface area contributed by atoms with Gasteiger partial charge in [0, 0.05) is 24.2 Å². The average molecular weight is 454 g/mol. The molecule has 0 radical (unpaired) electrons. The van der Waals surface area contributed by atoms with Crippen LogP contribution < -0.4 is 10.1 Å². The van der Waals surface area contributed by atoms with E-state index in [1.807, 2.05) is 30.3 Å². The summed E-state index contributed by atoms with van der Waals surface area (Å²) < 4.78 is 25.2. The number of nitrogens with one attached hydrogen (secondary N) is 1. The van der Waals surface area contributed by atoms with Crippen molar-refractivity contribution in [2.45, 2.75) is 38.0 Å². The van der Waals surface area contributed by atoms with Crippen molar-refractivity contribution < 1.29 is 28.6 Å². The minimum Gasteiger partial charge on any atom is -0.488 e. The van der Waals surface area contributed by atoms with Crippen molar-refractivity contribution >= 4 is 17.6 Å². The lowest BCUT2D eigenvalue weighted by Gasteiger charge is -2.37. The Hall–Kier alpha value is -3.39. The Morgan fingerprint density at radius 1 is 1.18 bits per heavy atom. The molecule has 2 aliphatic rings. The van der Waals surface area contributed by atoms with Crippen LogP contribution >= 0.6 is 0 Å². The molecule has 2 amide bonds. The third kappa shape index (κ3) is 4.71. The lowest BCUT2D eigenvalue weighted by Crippen LogP contribution is -2.51. The Labute approximate surface area is 191 Å². The van der Waals surface area contributed by atoms with Crippen LogP contribution in [0.15, 0.2) is 54.1 Å². The predicted octanol–water partition coefficient (Wildman–Crippen LogP) is 3.27. The fraction of sp³-hybridized carbons (Fsp3) is 0.360. The van der Waals surface area contributed by atoms with Crippen molar-refractivity contribution in [2.24, 2.45) is 0 Å². The highest BCUT2D eigenvalue weighted by Crippen LogP contribution is 2.45. The third-order valence-corrected chi connectivity index (χ3v) is 6.13. The second-order valence-electron chi connectivity index (χ2n) is 8.11. The van der Waals surface area contributed by atoms with Crippen LogP contribution in [0.3, 0.4) is 0 Å². The summed E-state index contributed by atoms with van der Waals surface area (Å²) in [6, 6.07) is 12.9. The number of carbonyl (C=O) groups is 2. The number of rotatable bonds is 7. The van der Waals surface area contributed by atoms with Crippen LogP contribution in [0.25, 0.3) is 5.57 Å². The zero-order valence-corrected chi connectivity index (χ0v) is 18.4. The van der Waals surface area contributed by atoms with Crippen LogP contribution in [-0.4, -0.2) is 54.4 Å². The summed E-state index contributed by atoms with van der Waals surface area (Å²) in [6.07, 6.45) is 1.76. The number of urea groups is 1. The summed E-state index contributed by atoms with van der Waals surface area (Å²) in [5.41, 5.74) is 2.66. The second-order valence-corrected chi connectivity index (χ2v) is 8.11. The monoisotopic (exact) mass is 454 g/mol. The molecule has 0 saturated carbocycles. The number of nitrogens with zero attached hydrogens (tertiary/aromatic N) is 1. The molecule has 2 heterocycles. The molecule has 2 bridgehead atoms. The molecule has 0 aromatic heterocycles. The van der Waals surface area contributed by atoms with E-state index in [4.69, 9.17) is 14.6 Å². The molecule has 7 nitrogen and oxygen atoms in total. The first kappa shape index (κ1) is 22.8. The van der Waals surface area contributed by atoms with Crippen LogP contribution in [0.1, 0.15) is 30.4 Å². The Kier molecular flexibility index (Phi) is 6.93.